The van der Waals surface area contributed by atoms with E-state index in [2.05, 4.69) is 159 Å². The van der Waals surface area contributed by atoms with Gasteiger partial charge in [0.1, 0.15) is 0 Å². The summed E-state index contributed by atoms with van der Waals surface area (Å²) in [7, 11) is 0. The van der Waals surface area contributed by atoms with E-state index in [0.29, 0.717) is 5.56 Å². The molecule has 0 saturated carbocycles. The van der Waals surface area contributed by atoms with E-state index in [1.807, 2.05) is 18.2 Å². The molecule has 10 rings (SSSR count). The van der Waals surface area contributed by atoms with Crippen LogP contribution in [0.1, 0.15) is 5.56 Å². The zero-order chi connectivity index (χ0) is 31.1. The number of aromatic nitrogens is 3. The lowest BCUT2D eigenvalue weighted by Crippen LogP contribution is -1.96. The minimum Gasteiger partial charge on any atom is -0.309 e. The first-order chi connectivity index (χ1) is 23.3. The Kier molecular flexibility index (Phi) is 5.32. The highest BCUT2D eigenvalue weighted by atomic mass is 15.0. The lowest BCUT2D eigenvalue weighted by Gasteiger charge is -2.11. The van der Waals surface area contributed by atoms with Crippen LogP contribution in [0.25, 0.3) is 82.5 Å². The lowest BCUT2D eigenvalue weighted by atomic mass is 10.1. The highest BCUT2D eigenvalue weighted by Crippen LogP contribution is 2.39. The molecule has 0 aliphatic rings. The van der Waals surface area contributed by atoms with Gasteiger partial charge in [0, 0.05) is 49.4 Å². The average molecular weight is 599 g/mol. The molecule has 218 valence electrons. The molecule has 0 saturated heterocycles. The normalized spacial score (nSPS) is 11.8. The first-order valence-corrected chi connectivity index (χ1v) is 15.8. The minimum absolute atomic E-state index is 0.640. The highest BCUT2D eigenvalue weighted by Gasteiger charge is 2.18. The van der Waals surface area contributed by atoms with Crippen LogP contribution < -0.4 is 0 Å². The zero-order valence-electron chi connectivity index (χ0n) is 25.3. The Balaban J connectivity index is 1.31. The summed E-state index contributed by atoms with van der Waals surface area (Å²) in [6, 6.07) is 58.3. The fraction of sp³-hybridized carbons (Fsp3) is 0. The van der Waals surface area contributed by atoms with Gasteiger partial charge in [-0.05, 0) is 78.9 Å². The first kappa shape index (κ1) is 25.7. The van der Waals surface area contributed by atoms with Gasteiger partial charge in [-0.2, -0.15) is 5.26 Å². The fourth-order valence-electron chi connectivity index (χ4n) is 7.67. The molecule has 10 aromatic rings. The Labute approximate surface area is 270 Å². The predicted molar refractivity (Wildman–Crippen MR) is 194 cm³/mol. The van der Waals surface area contributed by atoms with Crippen LogP contribution in [0.5, 0.6) is 0 Å². The number of rotatable bonds is 3. The summed E-state index contributed by atoms with van der Waals surface area (Å²) in [5.41, 5.74) is 10.8. The third kappa shape index (κ3) is 3.63. The molecule has 0 atom stereocenters. The zero-order valence-corrected chi connectivity index (χ0v) is 25.3. The van der Waals surface area contributed by atoms with E-state index in [-0.39, 0.29) is 0 Å². The predicted octanol–water partition coefficient (Wildman–Crippen LogP) is 10.8. The number of nitrogens with zero attached hydrogens (tertiary/aromatic N) is 4. The van der Waals surface area contributed by atoms with Crippen molar-refractivity contribution in [3.8, 4) is 23.1 Å². The number of para-hydroxylation sites is 4. The Hall–Kier alpha value is -6.57. The van der Waals surface area contributed by atoms with E-state index >= 15 is 0 Å². The van der Waals surface area contributed by atoms with E-state index in [0.717, 1.165) is 38.9 Å². The Morgan fingerprint density at radius 2 is 0.681 bits per heavy atom. The Morgan fingerprint density at radius 3 is 1.09 bits per heavy atom. The molecule has 7 aromatic carbocycles. The van der Waals surface area contributed by atoms with Crippen LogP contribution >= 0.6 is 0 Å². The monoisotopic (exact) mass is 598 g/mol. The van der Waals surface area contributed by atoms with Gasteiger partial charge in [0.2, 0.25) is 0 Å². The van der Waals surface area contributed by atoms with Crippen molar-refractivity contribution >= 4 is 65.4 Å². The molecule has 4 nitrogen and oxygen atoms in total. The number of fused-ring (bicyclic) bond motifs is 9. The molecule has 3 heterocycles. The van der Waals surface area contributed by atoms with Crippen LogP contribution in [0.4, 0.5) is 0 Å². The largest absolute Gasteiger partial charge is 0.309 e. The van der Waals surface area contributed by atoms with E-state index in [1.165, 1.54) is 43.6 Å². The molecular weight excluding hydrogens is 573 g/mol. The first-order valence-electron chi connectivity index (χ1n) is 15.8. The molecule has 0 aliphatic carbocycles. The molecule has 3 aromatic heterocycles. The van der Waals surface area contributed by atoms with Crippen molar-refractivity contribution in [3.05, 3.63) is 163 Å². The van der Waals surface area contributed by atoms with Crippen molar-refractivity contribution in [2.24, 2.45) is 0 Å². The van der Waals surface area contributed by atoms with Gasteiger partial charge in [0.15, 0.2) is 0 Å². The molecule has 4 heteroatoms. The minimum atomic E-state index is 0.640. The van der Waals surface area contributed by atoms with E-state index < -0.39 is 0 Å². The number of benzene rings is 7. The molecule has 47 heavy (non-hydrogen) atoms. The van der Waals surface area contributed by atoms with Crippen molar-refractivity contribution in [1.29, 1.82) is 5.26 Å². The molecule has 0 aliphatic heterocycles. The van der Waals surface area contributed by atoms with Crippen LogP contribution in [0, 0.1) is 11.3 Å². The third-order valence-corrected chi connectivity index (χ3v) is 9.64. The number of nitriles is 1. The molecule has 0 fully saturated rings. The third-order valence-electron chi connectivity index (χ3n) is 9.64. The molecule has 0 N–H and O–H groups in total. The van der Waals surface area contributed by atoms with Gasteiger partial charge >= 0.3 is 0 Å². The maximum atomic E-state index is 9.75. The van der Waals surface area contributed by atoms with Crippen molar-refractivity contribution in [1.82, 2.24) is 13.7 Å². The van der Waals surface area contributed by atoms with Crippen LogP contribution in [0.15, 0.2) is 158 Å². The molecule has 0 radical (unpaired) electrons. The summed E-state index contributed by atoms with van der Waals surface area (Å²) in [5.74, 6) is 0. The van der Waals surface area contributed by atoms with Gasteiger partial charge in [-0.15, -0.1) is 0 Å². The van der Waals surface area contributed by atoms with Gasteiger partial charge in [0.05, 0.1) is 44.7 Å². The maximum Gasteiger partial charge on any atom is 0.0992 e. The van der Waals surface area contributed by atoms with Crippen LogP contribution in [-0.4, -0.2) is 13.7 Å². The van der Waals surface area contributed by atoms with Crippen LogP contribution in [-0.2, 0) is 0 Å². The van der Waals surface area contributed by atoms with E-state index in [4.69, 9.17) is 0 Å². The summed E-state index contributed by atoms with van der Waals surface area (Å²) in [4.78, 5) is 0. The average Bonchev–Trinajstić information content (AvgIpc) is 3.77. The van der Waals surface area contributed by atoms with Crippen molar-refractivity contribution in [2.75, 3.05) is 0 Å². The summed E-state index contributed by atoms with van der Waals surface area (Å²) in [5, 5.41) is 17.0. The van der Waals surface area contributed by atoms with Gasteiger partial charge in [-0.1, -0.05) is 78.9 Å². The Bertz CT molecular complexity index is 2650. The maximum absolute atomic E-state index is 9.75. The van der Waals surface area contributed by atoms with E-state index in [9.17, 15) is 5.26 Å². The smallest absolute Gasteiger partial charge is 0.0992 e. The van der Waals surface area contributed by atoms with Gasteiger partial charge in [-0.3, -0.25) is 0 Å². The summed E-state index contributed by atoms with van der Waals surface area (Å²) >= 11 is 0. The standard InChI is InChI=1S/C43H26N4/c44-27-28-10-9-11-29(24-28)45-42-22-20-30(46-38-16-5-1-12-32(38)33-13-2-6-17-39(33)46)25-36(42)37-26-31(21-23-43(37)45)47-40-18-7-3-14-34(40)35-15-4-8-19-41(35)47/h1-26H. The van der Waals surface area contributed by atoms with Gasteiger partial charge < -0.3 is 13.7 Å². The summed E-state index contributed by atoms with van der Waals surface area (Å²) < 4.78 is 7.04. The van der Waals surface area contributed by atoms with Gasteiger partial charge in [0.25, 0.3) is 0 Å². The number of hydrogen-bond donors (Lipinski definition) is 0. The van der Waals surface area contributed by atoms with Gasteiger partial charge in [-0.25, -0.2) is 0 Å². The molecule has 0 unspecified atom stereocenters. The number of hydrogen-bond acceptors (Lipinski definition) is 1. The summed E-state index contributed by atoms with van der Waals surface area (Å²) in [6.45, 7) is 0. The molecule has 0 amide bonds. The van der Waals surface area contributed by atoms with Crippen molar-refractivity contribution in [3.63, 3.8) is 0 Å². The summed E-state index contributed by atoms with van der Waals surface area (Å²) in [6.07, 6.45) is 0. The highest BCUT2D eigenvalue weighted by molar-refractivity contribution is 6.14. The quantitative estimate of drug-likeness (QED) is 0.199. The van der Waals surface area contributed by atoms with E-state index in [1.54, 1.807) is 0 Å². The fourth-order valence-corrected chi connectivity index (χ4v) is 7.67. The van der Waals surface area contributed by atoms with Crippen LogP contribution in [0.2, 0.25) is 0 Å². The lowest BCUT2D eigenvalue weighted by molar-refractivity contribution is 1.16. The second-order valence-corrected chi connectivity index (χ2v) is 12.1. The second-order valence-electron chi connectivity index (χ2n) is 12.1. The Morgan fingerprint density at radius 1 is 0.319 bits per heavy atom. The topological polar surface area (TPSA) is 38.6 Å². The van der Waals surface area contributed by atoms with Crippen molar-refractivity contribution < 1.29 is 0 Å². The SMILES string of the molecule is N#Cc1cccc(-n2c3ccc(-n4c5ccccc5c5ccccc54)cc3c3cc(-n4c5ccccc5c5ccccc54)ccc32)c1. The second kappa shape index (κ2) is 9.71. The molecule has 0 bridgehead atoms. The molecule has 0 spiro atoms. The van der Waals surface area contributed by atoms with Crippen LogP contribution in [0.3, 0.4) is 0 Å². The molecular formula is C43H26N4. The van der Waals surface area contributed by atoms with Crippen molar-refractivity contribution in [2.45, 2.75) is 0 Å².